The van der Waals surface area contributed by atoms with Crippen molar-refractivity contribution in [3.8, 4) is 0 Å². The smallest absolute Gasteiger partial charge is 0.0401 e. The summed E-state index contributed by atoms with van der Waals surface area (Å²) in [6, 6.07) is 15.4. The third-order valence-corrected chi connectivity index (χ3v) is 5.03. The highest BCUT2D eigenvalue weighted by atomic mass is 15.1. The lowest BCUT2D eigenvalue weighted by Crippen LogP contribution is -2.28. The lowest BCUT2D eigenvalue weighted by atomic mass is 9.82. The first kappa shape index (κ1) is 12.8. The van der Waals surface area contributed by atoms with Gasteiger partial charge in [-0.3, -0.25) is 0 Å². The summed E-state index contributed by atoms with van der Waals surface area (Å²) in [5.41, 5.74) is 12.7. The standard InChI is InChI=1S/C19H22N2/c20-17-8-9-19-15(12-17)10-11-21(19)13-16-6-3-5-14-4-1-2-7-18(14)16/h1-2,4,7-9,12,16H,3,5-6,10-11,13,20H2. The largest absolute Gasteiger partial charge is 0.399 e. The average molecular weight is 278 g/mol. The lowest BCUT2D eigenvalue weighted by molar-refractivity contribution is 0.544. The quantitative estimate of drug-likeness (QED) is 0.848. The van der Waals surface area contributed by atoms with Gasteiger partial charge in [-0.15, -0.1) is 0 Å². The maximum Gasteiger partial charge on any atom is 0.0401 e. The summed E-state index contributed by atoms with van der Waals surface area (Å²) < 4.78 is 0. The summed E-state index contributed by atoms with van der Waals surface area (Å²) in [7, 11) is 0. The van der Waals surface area contributed by atoms with Gasteiger partial charge in [0.25, 0.3) is 0 Å². The van der Waals surface area contributed by atoms with Gasteiger partial charge < -0.3 is 10.6 Å². The van der Waals surface area contributed by atoms with Gasteiger partial charge in [0.15, 0.2) is 0 Å². The predicted octanol–water partition coefficient (Wildman–Crippen LogP) is 3.75. The van der Waals surface area contributed by atoms with Crippen LogP contribution in [0.3, 0.4) is 0 Å². The van der Waals surface area contributed by atoms with E-state index in [1.165, 1.54) is 30.5 Å². The van der Waals surface area contributed by atoms with Crippen LogP contribution >= 0.6 is 0 Å². The van der Waals surface area contributed by atoms with Crippen molar-refractivity contribution >= 4 is 11.4 Å². The second kappa shape index (κ2) is 5.10. The van der Waals surface area contributed by atoms with Gasteiger partial charge in [-0.05, 0) is 60.6 Å². The molecule has 2 nitrogen and oxygen atoms in total. The van der Waals surface area contributed by atoms with Crippen LogP contribution in [0.1, 0.15) is 35.4 Å². The molecule has 108 valence electrons. The number of aryl methyl sites for hydroxylation is 1. The molecule has 2 N–H and O–H groups in total. The summed E-state index contributed by atoms with van der Waals surface area (Å²) in [6.07, 6.45) is 5.02. The molecule has 0 saturated carbocycles. The van der Waals surface area contributed by atoms with E-state index in [1.54, 1.807) is 11.1 Å². The number of nitrogens with two attached hydrogens (primary N) is 1. The Morgan fingerprint density at radius 3 is 2.90 bits per heavy atom. The van der Waals surface area contributed by atoms with Crippen molar-refractivity contribution in [2.75, 3.05) is 23.7 Å². The number of hydrogen-bond acceptors (Lipinski definition) is 2. The summed E-state index contributed by atoms with van der Waals surface area (Å²) >= 11 is 0. The van der Waals surface area contributed by atoms with Crippen LogP contribution in [-0.2, 0) is 12.8 Å². The first-order chi connectivity index (χ1) is 10.3. The molecule has 2 aliphatic rings. The Bertz CT molecular complexity index is 662. The first-order valence-corrected chi connectivity index (χ1v) is 8.02. The van der Waals surface area contributed by atoms with E-state index in [1.807, 2.05) is 6.07 Å². The highest BCUT2D eigenvalue weighted by molar-refractivity contribution is 5.63. The number of fused-ring (bicyclic) bond motifs is 2. The van der Waals surface area contributed by atoms with Gasteiger partial charge in [0, 0.05) is 30.4 Å². The lowest BCUT2D eigenvalue weighted by Gasteiger charge is -2.30. The number of nitrogens with zero attached hydrogens (tertiary/aromatic N) is 1. The van der Waals surface area contributed by atoms with Crippen LogP contribution in [0.5, 0.6) is 0 Å². The van der Waals surface area contributed by atoms with E-state index in [9.17, 15) is 0 Å². The topological polar surface area (TPSA) is 29.3 Å². The fraction of sp³-hybridized carbons (Fsp3) is 0.368. The molecule has 0 saturated heterocycles. The monoisotopic (exact) mass is 278 g/mol. The maximum absolute atomic E-state index is 5.91. The Labute approximate surface area is 126 Å². The molecule has 1 atom stereocenters. The number of nitrogen functional groups attached to an aromatic ring is 1. The van der Waals surface area contributed by atoms with E-state index in [-0.39, 0.29) is 0 Å². The van der Waals surface area contributed by atoms with Gasteiger partial charge in [-0.25, -0.2) is 0 Å². The molecule has 1 aliphatic carbocycles. The molecule has 2 aromatic rings. The van der Waals surface area contributed by atoms with E-state index in [0.717, 1.165) is 25.2 Å². The molecule has 1 unspecified atom stereocenters. The van der Waals surface area contributed by atoms with Crippen molar-refractivity contribution in [1.82, 2.24) is 0 Å². The molecular weight excluding hydrogens is 256 g/mol. The third kappa shape index (κ3) is 2.29. The minimum atomic E-state index is 0.679. The summed E-state index contributed by atoms with van der Waals surface area (Å²) in [5, 5.41) is 0. The number of hydrogen-bond donors (Lipinski definition) is 1. The van der Waals surface area contributed by atoms with Crippen molar-refractivity contribution in [2.24, 2.45) is 0 Å². The Hall–Kier alpha value is -1.96. The number of benzene rings is 2. The van der Waals surface area contributed by atoms with Crippen molar-refractivity contribution < 1.29 is 0 Å². The third-order valence-electron chi connectivity index (χ3n) is 5.03. The molecule has 21 heavy (non-hydrogen) atoms. The van der Waals surface area contributed by atoms with Crippen molar-refractivity contribution in [3.63, 3.8) is 0 Å². The molecule has 0 bridgehead atoms. The molecule has 1 aliphatic heterocycles. The highest BCUT2D eigenvalue weighted by Gasteiger charge is 2.25. The Kier molecular flexibility index (Phi) is 3.10. The predicted molar refractivity (Wildman–Crippen MR) is 88.9 cm³/mol. The van der Waals surface area contributed by atoms with Gasteiger partial charge in [-0.1, -0.05) is 24.3 Å². The summed E-state index contributed by atoms with van der Waals surface area (Å²) in [4.78, 5) is 2.56. The SMILES string of the molecule is Nc1ccc2c(c1)CCN2CC1CCCc2ccccc21. The average Bonchev–Trinajstić information content (AvgIpc) is 2.90. The minimum Gasteiger partial charge on any atom is -0.399 e. The molecule has 0 amide bonds. The van der Waals surface area contributed by atoms with Gasteiger partial charge >= 0.3 is 0 Å². The number of anilines is 2. The second-order valence-electron chi connectivity index (χ2n) is 6.37. The Balaban J connectivity index is 1.59. The van der Waals surface area contributed by atoms with Gasteiger partial charge in [-0.2, -0.15) is 0 Å². The van der Waals surface area contributed by atoms with E-state index >= 15 is 0 Å². The van der Waals surface area contributed by atoms with Crippen LogP contribution in [0.15, 0.2) is 42.5 Å². The van der Waals surface area contributed by atoms with Gasteiger partial charge in [0.05, 0.1) is 0 Å². The van der Waals surface area contributed by atoms with Crippen LogP contribution in [0.25, 0.3) is 0 Å². The van der Waals surface area contributed by atoms with Crippen molar-refractivity contribution in [1.29, 1.82) is 0 Å². The molecule has 0 aromatic heterocycles. The zero-order valence-corrected chi connectivity index (χ0v) is 12.4. The molecule has 1 heterocycles. The molecule has 0 radical (unpaired) electrons. The van der Waals surface area contributed by atoms with Crippen LogP contribution in [0.2, 0.25) is 0 Å². The van der Waals surface area contributed by atoms with Crippen LogP contribution in [0.4, 0.5) is 11.4 Å². The van der Waals surface area contributed by atoms with Crippen molar-refractivity contribution in [2.45, 2.75) is 31.6 Å². The highest BCUT2D eigenvalue weighted by Crippen LogP contribution is 2.36. The maximum atomic E-state index is 5.91. The van der Waals surface area contributed by atoms with Crippen LogP contribution < -0.4 is 10.6 Å². The molecule has 2 heteroatoms. The van der Waals surface area contributed by atoms with Crippen molar-refractivity contribution in [3.05, 3.63) is 59.2 Å². The minimum absolute atomic E-state index is 0.679. The van der Waals surface area contributed by atoms with E-state index < -0.39 is 0 Å². The number of rotatable bonds is 2. The van der Waals surface area contributed by atoms with E-state index in [0.29, 0.717) is 5.92 Å². The first-order valence-electron chi connectivity index (χ1n) is 8.02. The van der Waals surface area contributed by atoms with Crippen LogP contribution in [0, 0.1) is 0 Å². The van der Waals surface area contributed by atoms with Gasteiger partial charge in [0.2, 0.25) is 0 Å². The zero-order chi connectivity index (χ0) is 14.2. The Morgan fingerprint density at radius 1 is 1.05 bits per heavy atom. The van der Waals surface area contributed by atoms with E-state index in [4.69, 9.17) is 5.73 Å². The molecular formula is C19H22N2. The molecule has 0 spiro atoms. The molecule has 2 aromatic carbocycles. The fourth-order valence-corrected chi connectivity index (χ4v) is 3.99. The van der Waals surface area contributed by atoms with Gasteiger partial charge in [0.1, 0.15) is 0 Å². The summed E-state index contributed by atoms with van der Waals surface area (Å²) in [5.74, 6) is 0.679. The summed E-state index contributed by atoms with van der Waals surface area (Å²) in [6.45, 7) is 2.28. The zero-order valence-electron chi connectivity index (χ0n) is 12.4. The Morgan fingerprint density at radius 2 is 1.95 bits per heavy atom. The fourth-order valence-electron chi connectivity index (χ4n) is 3.99. The van der Waals surface area contributed by atoms with E-state index in [2.05, 4.69) is 41.3 Å². The second-order valence-corrected chi connectivity index (χ2v) is 6.37. The molecule has 0 fully saturated rings. The normalized spacial score (nSPS) is 20.2. The van der Waals surface area contributed by atoms with Crippen LogP contribution in [-0.4, -0.2) is 13.1 Å². The molecule has 4 rings (SSSR count).